The molecule has 20 heavy (non-hydrogen) atoms. The molecule has 1 aromatic rings. The van der Waals surface area contributed by atoms with E-state index in [1.54, 1.807) is 14.2 Å². The molecule has 4 heteroatoms. The van der Waals surface area contributed by atoms with E-state index in [0.717, 1.165) is 11.5 Å². The largest absolute Gasteiger partial charge is 0.491 e. The topological polar surface area (TPSA) is 36.9 Å². The predicted octanol–water partition coefficient (Wildman–Crippen LogP) is 3.03. The van der Waals surface area contributed by atoms with Gasteiger partial charge in [0.25, 0.3) is 0 Å². The van der Waals surface area contributed by atoms with Crippen LogP contribution in [0.3, 0.4) is 0 Å². The van der Waals surface area contributed by atoms with E-state index < -0.39 is 0 Å². The normalized spacial score (nSPS) is 11.4. The number of hydrogen-bond acceptors (Lipinski definition) is 4. The molecule has 0 spiro atoms. The van der Waals surface area contributed by atoms with E-state index in [-0.39, 0.29) is 5.41 Å². The lowest BCUT2D eigenvalue weighted by molar-refractivity contribution is 0.142. The first-order chi connectivity index (χ1) is 9.47. The Morgan fingerprint density at radius 1 is 0.750 bits per heavy atom. The number of rotatable bonds is 8. The van der Waals surface area contributed by atoms with Crippen molar-refractivity contribution < 1.29 is 18.9 Å². The Labute approximate surface area is 122 Å². The molecule has 0 N–H and O–H groups in total. The second-order valence-electron chi connectivity index (χ2n) is 5.63. The zero-order valence-electron chi connectivity index (χ0n) is 13.2. The van der Waals surface area contributed by atoms with Crippen LogP contribution in [0.2, 0.25) is 0 Å². The minimum atomic E-state index is 0.0417. The van der Waals surface area contributed by atoms with Gasteiger partial charge in [-0.3, -0.25) is 0 Å². The van der Waals surface area contributed by atoms with Crippen LogP contribution in [0.4, 0.5) is 0 Å². The van der Waals surface area contributed by atoms with E-state index in [2.05, 4.69) is 32.9 Å². The smallest absolute Gasteiger partial charge is 0.123 e. The molecule has 0 aliphatic heterocycles. The van der Waals surface area contributed by atoms with Crippen LogP contribution in [0, 0.1) is 0 Å². The third kappa shape index (κ3) is 5.80. The van der Waals surface area contributed by atoms with Crippen LogP contribution in [0.5, 0.6) is 11.5 Å². The second kappa shape index (κ2) is 8.12. The van der Waals surface area contributed by atoms with Crippen molar-refractivity contribution in [2.45, 2.75) is 26.2 Å². The molecule has 0 atom stereocenters. The minimum Gasteiger partial charge on any atom is -0.491 e. The summed E-state index contributed by atoms with van der Waals surface area (Å²) in [6.07, 6.45) is 0. The average Bonchev–Trinajstić information content (AvgIpc) is 2.38. The van der Waals surface area contributed by atoms with E-state index in [1.807, 2.05) is 6.07 Å². The maximum Gasteiger partial charge on any atom is 0.123 e. The summed E-state index contributed by atoms with van der Waals surface area (Å²) in [4.78, 5) is 0. The minimum absolute atomic E-state index is 0.0417. The molecule has 0 radical (unpaired) electrons. The Morgan fingerprint density at radius 3 is 1.55 bits per heavy atom. The van der Waals surface area contributed by atoms with Gasteiger partial charge in [0.2, 0.25) is 0 Å². The zero-order chi connectivity index (χ0) is 15.0. The number of methoxy groups -OCH3 is 2. The van der Waals surface area contributed by atoms with Gasteiger partial charge in [0.1, 0.15) is 24.7 Å². The van der Waals surface area contributed by atoms with Gasteiger partial charge in [-0.2, -0.15) is 0 Å². The van der Waals surface area contributed by atoms with Crippen molar-refractivity contribution in [3.8, 4) is 11.5 Å². The third-order valence-corrected chi connectivity index (χ3v) is 2.86. The highest BCUT2D eigenvalue weighted by atomic mass is 16.5. The summed E-state index contributed by atoms with van der Waals surface area (Å²) in [7, 11) is 3.32. The highest BCUT2D eigenvalue weighted by Gasteiger charge is 2.16. The second-order valence-corrected chi connectivity index (χ2v) is 5.63. The molecule has 0 unspecified atom stereocenters. The average molecular weight is 282 g/mol. The van der Waals surface area contributed by atoms with Crippen molar-refractivity contribution in [1.29, 1.82) is 0 Å². The molecule has 0 aliphatic rings. The Bertz CT molecular complexity index is 368. The lowest BCUT2D eigenvalue weighted by Gasteiger charge is -2.21. The van der Waals surface area contributed by atoms with Gasteiger partial charge in [0, 0.05) is 20.3 Å². The molecule has 1 rings (SSSR count). The first-order valence-corrected chi connectivity index (χ1v) is 6.86. The molecule has 4 nitrogen and oxygen atoms in total. The third-order valence-electron chi connectivity index (χ3n) is 2.86. The summed E-state index contributed by atoms with van der Waals surface area (Å²) in [6.45, 7) is 8.70. The lowest BCUT2D eigenvalue weighted by Crippen LogP contribution is -2.13. The van der Waals surface area contributed by atoms with Crippen molar-refractivity contribution in [2.75, 3.05) is 40.6 Å². The van der Waals surface area contributed by atoms with Gasteiger partial charge in [0.15, 0.2) is 0 Å². The van der Waals surface area contributed by atoms with Gasteiger partial charge < -0.3 is 18.9 Å². The van der Waals surface area contributed by atoms with E-state index in [1.165, 1.54) is 5.56 Å². The Balaban J connectivity index is 2.84. The molecule has 0 bridgehead atoms. The summed E-state index contributed by atoms with van der Waals surface area (Å²) >= 11 is 0. The fourth-order valence-corrected chi connectivity index (χ4v) is 1.66. The molecular weight excluding hydrogens is 256 g/mol. The number of benzene rings is 1. The first-order valence-electron chi connectivity index (χ1n) is 6.86. The SMILES string of the molecule is COCCOc1cc(OCCOC)cc(C(C)(C)C)c1. The molecule has 0 aromatic heterocycles. The molecule has 0 fully saturated rings. The van der Waals surface area contributed by atoms with Gasteiger partial charge in [-0.05, 0) is 23.1 Å². The van der Waals surface area contributed by atoms with Crippen molar-refractivity contribution in [1.82, 2.24) is 0 Å². The van der Waals surface area contributed by atoms with Crippen LogP contribution in [0.1, 0.15) is 26.3 Å². The molecule has 0 amide bonds. The monoisotopic (exact) mass is 282 g/mol. The van der Waals surface area contributed by atoms with E-state index in [0.29, 0.717) is 26.4 Å². The van der Waals surface area contributed by atoms with Crippen molar-refractivity contribution in [2.24, 2.45) is 0 Å². The molecule has 0 aliphatic carbocycles. The van der Waals surface area contributed by atoms with Gasteiger partial charge in [-0.25, -0.2) is 0 Å². The fraction of sp³-hybridized carbons (Fsp3) is 0.625. The first kappa shape index (κ1) is 16.8. The Kier molecular flexibility index (Phi) is 6.82. The standard InChI is InChI=1S/C16H26O4/c1-16(2,3)13-10-14(19-8-6-17-4)12-15(11-13)20-9-7-18-5/h10-12H,6-9H2,1-5H3. The van der Waals surface area contributed by atoms with Crippen molar-refractivity contribution >= 4 is 0 Å². The number of hydrogen-bond donors (Lipinski definition) is 0. The Hall–Kier alpha value is -1.26. The van der Waals surface area contributed by atoms with Crippen LogP contribution >= 0.6 is 0 Å². The molecule has 0 saturated heterocycles. The van der Waals surface area contributed by atoms with Crippen LogP contribution in [0.15, 0.2) is 18.2 Å². The van der Waals surface area contributed by atoms with Crippen molar-refractivity contribution in [3.63, 3.8) is 0 Å². The molecule has 1 aromatic carbocycles. The lowest BCUT2D eigenvalue weighted by atomic mass is 9.87. The molecular formula is C16H26O4. The zero-order valence-corrected chi connectivity index (χ0v) is 13.2. The number of ether oxygens (including phenoxy) is 4. The van der Waals surface area contributed by atoms with E-state index >= 15 is 0 Å². The quantitative estimate of drug-likeness (QED) is 0.687. The van der Waals surface area contributed by atoms with Gasteiger partial charge >= 0.3 is 0 Å². The van der Waals surface area contributed by atoms with E-state index in [9.17, 15) is 0 Å². The van der Waals surface area contributed by atoms with Gasteiger partial charge in [0.05, 0.1) is 13.2 Å². The van der Waals surface area contributed by atoms with Gasteiger partial charge in [-0.1, -0.05) is 20.8 Å². The predicted molar refractivity (Wildman–Crippen MR) is 79.9 cm³/mol. The Morgan fingerprint density at radius 2 is 1.20 bits per heavy atom. The summed E-state index contributed by atoms with van der Waals surface area (Å²) in [5, 5.41) is 0. The summed E-state index contributed by atoms with van der Waals surface area (Å²) in [5.74, 6) is 1.61. The van der Waals surface area contributed by atoms with Crippen LogP contribution < -0.4 is 9.47 Å². The van der Waals surface area contributed by atoms with Crippen LogP contribution in [-0.4, -0.2) is 40.6 Å². The van der Waals surface area contributed by atoms with Crippen LogP contribution in [0.25, 0.3) is 0 Å². The highest BCUT2D eigenvalue weighted by molar-refractivity contribution is 5.41. The van der Waals surface area contributed by atoms with Gasteiger partial charge in [-0.15, -0.1) is 0 Å². The maximum atomic E-state index is 5.69. The van der Waals surface area contributed by atoms with Crippen molar-refractivity contribution in [3.05, 3.63) is 23.8 Å². The maximum absolute atomic E-state index is 5.69. The summed E-state index contributed by atoms with van der Waals surface area (Å²) in [6, 6.07) is 6.01. The van der Waals surface area contributed by atoms with Crippen LogP contribution in [-0.2, 0) is 14.9 Å². The highest BCUT2D eigenvalue weighted by Crippen LogP contribution is 2.30. The molecule has 114 valence electrons. The summed E-state index contributed by atoms with van der Waals surface area (Å²) in [5.41, 5.74) is 1.22. The summed E-state index contributed by atoms with van der Waals surface area (Å²) < 4.78 is 21.4. The van der Waals surface area contributed by atoms with E-state index in [4.69, 9.17) is 18.9 Å². The fourth-order valence-electron chi connectivity index (χ4n) is 1.66. The molecule has 0 saturated carbocycles. The molecule has 0 heterocycles.